The number of aliphatic hydroxyl groups excluding tert-OH is 1. The van der Waals surface area contributed by atoms with Crippen LogP contribution in [0.25, 0.3) is 32.9 Å². The molecule has 7 nitrogen and oxygen atoms in total. The van der Waals surface area contributed by atoms with Crippen LogP contribution in [0.2, 0.25) is 0 Å². The number of nitrogens with zero attached hydrogens (tertiary/aromatic N) is 4. The molecule has 2 atom stereocenters. The van der Waals surface area contributed by atoms with Gasteiger partial charge in [-0.1, -0.05) is 30.3 Å². The Morgan fingerprint density at radius 2 is 1.81 bits per heavy atom. The molecule has 0 bridgehead atoms. The molecule has 4 heterocycles. The Bertz CT molecular complexity index is 1620. The third kappa shape index (κ3) is 4.04. The molecule has 1 aliphatic rings. The second-order valence-electron chi connectivity index (χ2n) is 9.03. The van der Waals surface area contributed by atoms with Gasteiger partial charge in [0.2, 0.25) is 5.95 Å². The van der Waals surface area contributed by atoms with Crippen LogP contribution in [0, 0.1) is 5.95 Å². The second kappa shape index (κ2) is 9.22. The Morgan fingerprint density at radius 3 is 2.58 bits per heavy atom. The summed E-state index contributed by atoms with van der Waals surface area (Å²) in [6.07, 6.45) is 5.11. The maximum atomic E-state index is 13.6. The molecule has 1 aliphatic heterocycles. The number of ether oxygens (including phenoxy) is 1. The molecule has 5 aromatic rings. The SMILES string of the molecule is O=c1c2cc(Cc3ccc(-c4ccc(F)nc4)cc3)c3cccnc3c2ncn1[C@H]1CCOC[C@@H]1O. The maximum Gasteiger partial charge on any atom is 0.261 e. The molecule has 180 valence electrons. The molecule has 1 fully saturated rings. The van der Waals surface area contributed by atoms with Crippen LogP contribution in [0.4, 0.5) is 4.39 Å². The van der Waals surface area contributed by atoms with Crippen LogP contribution in [0.3, 0.4) is 0 Å². The fraction of sp³-hybridized carbons (Fsp3) is 0.214. The van der Waals surface area contributed by atoms with Crippen LogP contribution >= 0.6 is 0 Å². The van der Waals surface area contributed by atoms with E-state index in [9.17, 15) is 14.3 Å². The molecular formula is C28H23FN4O3. The van der Waals surface area contributed by atoms with E-state index in [2.05, 4.69) is 15.0 Å². The highest BCUT2D eigenvalue weighted by atomic mass is 19.1. The van der Waals surface area contributed by atoms with Crippen molar-refractivity contribution in [1.82, 2.24) is 19.5 Å². The van der Waals surface area contributed by atoms with Gasteiger partial charge in [0, 0.05) is 30.0 Å². The lowest BCUT2D eigenvalue weighted by Crippen LogP contribution is -2.39. The van der Waals surface area contributed by atoms with Gasteiger partial charge in [0.1, 0.15) is 5.52 Å². The van der Waals surface area contributed by atoms with E-state index in [4.69, 9.17) is 4.74 Å². The lowest BCUT2D eigenvalue weighted by atomic mass is 9.97. The number of halogens is 1. The van der Waals surface area contributed by atoms with Crippen LogP contribution in [-0.2, 0) is 11.2 Å². The number of aromatic nitrogens is 4. The van der Waals surface area contributed by atoms with E-state index in [0.717, 1.165) is 27.6 Å². The number of fused-ring (bicyclic) bond motifs is 3. The topological polar surface area (TPSA) is 90.1 Å². The summed E-state index contributed by atoms with van der Waals surface area (Å²) < 4.78 is 20.0. The average molecular weight is 483 g/mol. The first-order valence-electron chi connectivity index (χ1n) is 11.8. The van der Waals surface area contributed by atoms with E-state index in [1.807, 2.05) is 42.5 Å². The summed E-state index contributed by atoms with van der Waals surface area (Å²) in [5.74, 6) is -0.507. The van der Waals surface area contributed by atoms with Gasteiger partial charge in [0.05, 0.1) is 36.0 Å². The van der Waals surface area contributed by atoms with Crippen molar-refractivity contribution in [3.63, 3.8) is 0 Å². The van der Waals surface area contributed by atoms with Gasteiger partial charge in [-0.3, -0.25) is 14.3 Å². The fourth-order valence-corrected chi connectivity index (χ4v) is 4.91. The molecule has 3 aromatic heterocycles. The van der Waals surface area contributed by atoms with Gasteiger partial charge in [0.25, 0.3) is 5.56 Å². The van der Waals surface area contributed by atoms with Gasteiger partial charge in [0.15, 0.2) is 0 Å². The van der Waals surface area contributed by atoms with E-state index in [1.165, 1.54) is 23.2 Å². The van der Waals surface area contributed by atoms with Crippen molar-refractivity contribution in [2.24, 2.45) is 0 Å². The normalized spacial score (nSPS) is 18.1. The highest BCUT2D eigenvalue weighted by molar-refractivity contribution is 6.04. The number of pyridine rings is 2. The van der Waals surface area contributed by atoms with Crippen LogP contribution in [-0.4, -0.2) is 43.9 Å². The molecule has 36 heavy (non-hydrogen) atoms. The van der Waals surface area contributed by atoms with Gasteiger partial charge in [-0.15, -0.1) is 0 Å². The lowest BCUT2D eigenvalue weighted by molar-refractivity contribution is -0.0395. The monoisotopic (exact) mass is 482 g/mol. The molecular weight excluding hydrogens is 459 g/mol. The second-order valence-corrected chi connectivity index (χ2v) is 9.03. The zero-order valence-electron chi connectivity index (χ0n) is 19.3. The highest BCUT2D eigenvalue weighted by Gasteiger charge is 2.27. The first-order valence-corrected chi connectivity index (χ1v) is 11.8. The molecule has 2 aromatic carbocycles. The van der Waals surface area contributed by atoms with Crippen molar-refractivity contribution in [3.8, 4) is 11.1 Å². The smallest absolute Gasteiger partial charge is 0.261 e. The van der Waals surface area contributed by atoms with E-state index >= 15 is 0 Å². The summed E-state index contributed by atoms with van der Waals surface area (Å²) in [4.78, 5) is 26.4. The van der Waals surface area contributed by atoms with Gasteiger partial charge in [-0.25, -0.2) is 9.97 Å². The van der Waals surface area contributed by atoms with Crippen LogP contribution < -0.4 is 5.56 Å². The minimum atomic E-state index is -0.761. The fourth-order valence-electron chi connectivity index (χ4n) is 4.91. The minimum absolute atomic E-state index is 0.195. The van der Waals surface area contributed by atoms with Crippen LogP contribution in [0.1, 0.15) is 23.6 Å². The molecule has 0 aliphatic carbocycles. The summed E-state index contributed by atoms with van der Waals surface area (Å²) >= 11 is 0. The number of benzene rings is 2. The summed E-state index contributed by atoms with van der Waals surface area (Å²) in [5.41, 5.74) is 4.84. The molecule has 0 spiro atoms. The van der Waals surface area contributed by atoms with Gasteiger partial charge >= 0.3 is 0 Å². The average Bonchev–Trinajstić information content (AvgIpc) is 2.91. The van der Waals surface area contributed by atoms with Gasteiger partial charge < -0.3 is 9.84 Å². The van der Waals surface area contributed by atoms with Crippen molar-refractivity contribution in [3.05, 3.63) is 101 Å². The third-order valence-electron chi connectivity index (χ3n) is 6.79. The Morgan fingerprint density at radius 1 is 1.00 bits per heavy atom. The summed E-state index contributed by atoms with van der Waals surface area (Å²) in [6, 6.07) is 16.4. The predicted octanol–water partition coefficient (Wildman–Crippen LogP) is 4.06. The van der Waals surface area contributed by atoms with Crippen molar-refractivity contribution in [2.75, 3.05) is 13.2 Å². The molecule has 1 N–H and O–H groups in total. The van der Waals surface area contributed by atoms with Gasteiger partial charge in [-0.2, -0.15) is 4.39 Å². The largest absolute Gasteiger partial charge is 0.389 e. The summed E-state index contributed by atoms with van der Waals surface area (Å²) in [6.45, 7) is 0.685. The van der Waals surface area contributed by atoms with E-state index < -0.39 is 12.1 Å². The Labute approximate surface area is 205 Å². The number of aliphatic hydroxyl groups is 1. The van der Waals surface area contributed by atoms with Gasteiger partial charge in [-0.05, 0) is 53.8 Å². The number of hydrogen-bond donors (Lipinski definition) is 1. The first-order chi connectivity index (χ1) is 17.6. The third-order valence-corrected chi connectivity index (χ3v) is 6.79. The van der Waals surface area contributed by atoms with Crippen molar-refractivity contribution in [1.29, 1.82) is 0 Å². The number of rotatable bonds is 4. The van der Waals surface area contributed by atoms with Crippen LogP contribution in [0.15, 0.2) is 78.1 Å². The highest BCUT2D eigenvalue weighted by Crippen LogP contribution is 2.28. The molecule has 0 radical (unpaired) electrons. The van der Waals surface area contributed by atoms with Crippen LogP contribution in [0.5, 0.6) is 0 Å². The quantitative estimate of drug-likeness (QED) is 0.307. The molecule has 0 amide bonds. The minimum Gasteiger partial charge on any atom is -0.389 e. The van der Waals surface area contributed by atoms with Crippen molar-refractivity contribution < 1.29 is 14.2 Å². The molecule has 8 heteroatoms. The Hall–Kier alpha value is -4.01. The first kappa shape index (κ1) is 22.5. The van der Waals surface area contributed by atoms with E-state index in [1.54, 1.807) is 12.3 Å². The standard InChI is InChI=1S/C28H23FN4O3/c29-25-8-7-19(14-31-25)18-5-3-17(4-6-18)12-20-13-22-27(26-21(20)2-1-10-30-26)32-16-33(28(22)35)23-9-11-36-15-24(23)34/h1-8,10,13-14,16,23-24,34H,9,11-12,15H2/t23-,24-/m0/s1. The van der Waals surface area contributed by atoms with E-state index in [0.29, 0.717) is 35.9 Å². The predicted molar refractivity (Wildman–Crippen MR) is 134 cm³/mol. The Balaban J connectivity index is 1.42. The lowest BCUT2D eigenvalue weighted by Gasteiger charge is -2.29. The maximum absolute atomic E-state index is 13.6. The number of hydrogen-bond acceptors (Lipinski definition) is 6. The van der Waals surface area contributed by atoms with E-state index in [-0.39, 0.29) is 18.2 Å². The molecule has 0 saturated carbocycles. The molecule has 1 saturated heterocycles. The summed E-state index contributed by atoms with van der Waals surface area (Å²) in [5, 5.41) is 11.8. The molecule has 0 unspecified atom stereocenters. The van der Waals surface area contributed by atoms with Crippen molar-refractivity contribution >= 4 is 21.8 Å². The zero-order valence-corrected chi connectivity index (χ0v) is 19.3. The van der Waals surface area contributed by atoms with Crippen molar-refractivity contribution in [2.45, 2.75) is 25.0 Å². The summed E-state index contributed by atoms with van der Waals surface area (Å²) in [7, 11) is 0. The zero-order chi connectivity index (χ0) is 24.6. The molecule has 6 rings (SSSR count). The Kier molecular flexibility index (Phi) is 5.75.